The normalized spacial score (nSPS) is 11.8. The number of carbonyl (C=O) groups is 2. The molecule has 92 valence electrons. The monoisotopic (exact) mass is 237 g/mol. The molecule has 6 nitrogen and oxygen atoms in total. The van der Waals surface area contributed by atoms with Gasteiger partial charge in [-0.15, -0.1) is 0 Å². The average molecular weight is 237 g/mol. The highest BCUT2D eigenvalue weighted by atomic mass is 16.4. The van der Waals surface area contributed by atoms with Crippen molar-refractivity contribution in [1.29, 1.82) is 0 Å². The molecule has 1 atom stereocenters. The van der Waals surface area contributed by atoms with Crippen molar-refractivity contribution in [2.75, 3.05) is 6.54 Å². The summed E-state index contributed by atoms with van der Waals surface area (Å²) in [5.74, 6) is -0.909. The van der Waals surface area contributed by atoms with Crippen LogP contribution < -0.4 is 5.32 Å². The summed E-state index contributed by atoms with van der Waals surface area (Å²) in [5, 5.41) is 18.4. The number of carboxylic acid groups (broad SMARTS) is 1. The first-order valence-electron chi connectivity index (χ1n) is 5.36. The van der Waals surface area contributed by atoms with Crippen LogP contribution in [0.4, 0.5) is 0 Å². The van der Waals surface area contributed by atoms with Gasteiger partial charge in [-0.3, -0.25) is 9.59 Å². The molecule has 0 radical (unpaired) electrons. The van der Waals surface area contributed by atoms with E-state index in [-0.39, 0.29) is 18.2 Å². The minimum absolute atomic E-state index is 0.119. The van der Waals surface area contributed by atoms with E-state index in [1.807, 2.05) is 6.92 Å². The molecule has 0 spiro atoms. The molecule has 1 heterocycles. The number of hydrogen-bond donors (Lipinski definition) is 2. The van der Waals surface area contributed by atoms with Crippen molar-refractivity contribution in [2.45, 2.75) is 19.8 Å². The average Bonchev–Trinajstić information content (AvgIpc) is 2.34. The van der Waals surface area contributed by atoms with Gasteiger partial charge in [-0.05, 0) is 18.4 Å². The van der Waals surface area contributed by atoms with Crippen molar-refractivity contribution in [1.82, 2.24) is 15.5 Å². The smallest absolute Gasteiger partial charge is 0.303 e. The van der Waals surface area contributed by atoms with Gasteiger partial charge in [0, 0.05) is 13.0 Å². The van der Waals surface area contributed by atoms with Gasteiger partial charge in [-0.2, -0.15) is 10.2 Å². The predicted octanol–water partition coefficient (Wildman–Crippen LogP) is 0.707. The summed E-state index contributed by atoms with van der Waals surface area (Å²) in [4.78, 5) is 22.0. The molecule has 0 aliphatic heterocycles. The number of nitrogens with one attached hydrogen (secondary N) is 1. The Labute approximate surface area is 99.1 Å². The number of nitrogens with zero attached hydrogens (tertiary/aromatic N) is 2. The number of aromatic nitrogens is 2. The van der Waals surface area contributed by atoms with Crippen LogP contribution >= 0.6 is 0 Å². The first-order chi connectivity index (χ1) is 8.09. The van der Waals surface area contributed by atoms with E-state index >= 15 is 0 Å². The molecule has 0 saturated carbocycles. The van der Waals surface area contributed by atoms with E-state index in [0.717, 1.165) is 0 Å². The summed E-state index contributed by atoms with van der Waals surface area (Å²) in [5.41, 5.74) is 0.449. The van der Waals surface area contributed by atoms with Crippen LogP contribution in [0.1, 0.15) is 30.1 Å². The highest BCUT2D eigenvalue weighted by Gasteiger charge is 2.09. The van der Waals surface area contributed by atoms with Crippen LogP contribution in [0.15, 0.2) is 18.5 Å². The van der Waals surface area contributed by atoms with E-state index in [9.17, 15) is 9.59 Å². The Morgan fingerprint density at radius 1 is 1.47 bits per heavy atom. The third-order valence-corrected chi connectivity index (χ3v) is 2.31. The lowest BCUT2D eigenvalue weighted by atomic mass is 10.1. The Morgan fingerprint density at radius 2 is 2.24 bits per heavy atom. The summed E-state index contributed by atoms with van der Waals surface area (Å²) >= 11 is 0. The fourth-order valence-electron chi connectivity index (χ4n) is 1.27. The van der Waals surface area contributed by atoms with E-state index in [1.165, 1.54) is 12.4 Å². The van der Waals surface area contributed by atoms with Crippen LogP contribution in [0.25, 0.3) is 0 Å². The van der Waals surface area contributed by atoms with Gasteiger partial charge < -0.3 is 10.4 Å². The number of carbonyl (C=O) groups excluding carboxylic acids is 1. The van der Waals surface area contributed by atoms with E-state index in [4.69, 9.17) is 5.11 Å². The first kappa shape index (κ1) is 13.1. The van der Waals surface area contributed by atoms with Crippen molar-refractivity contribution in [2.24, 2.45) is 5.92 Å². The molecule has 0 aliphatic carbocycles. The topological polar surface area (TPSA) is 92.2 Å². The molecule has 2 N–H and O–H groups in total. The molecule has 1 rings (SSSR count). The van der Waals surface area contributed by atoms with Gasteiger partial charge in [0.05, 0.1) is 18.0 Å². The van der Waals surface area contributed by atoms with Crippen molar-refractivity contribution in [3.8, 4) is 0 Å². The lowest BCUT2D eigenvalue weighted by Gasteiger charge is -2.11. The standard InChI is InChI=1S/C11H15N3O3/c1-8(2-3-10(15)16)6-12-11(17)9-4-5-13-14-7-9/h4-5,7-8H,2-3,6H2,1H3,(H,12,17)(H,15,16). The Balaban J connectivity index is 2.31. The number of carboxylic acids is 1. The van der Waals surface area contributed by atoms with Crippen LogP contribution in [0, 0.1) is 5.92 Å². The van der Waals surface area contributed by atoms with Crippen LogP contribution in [0.5, 0.6) is 0 Å². The molecular weight excluding hydrogens is 222 g/mol. The summed E-state index contributed by atoms with van der Waals surface area (Å²) in [6.45, 7) is 2.35. The van der Waals surface area contributed by atoms with Crippen molar-refractivity contribution >= 4 is 11.9 Å². The molecule has 6 heteroatoms. The first-order valence-corrected chi connectivity index (χ1v) is 5.36. The van der Waals surface area contributed by atoms with Crippen LogP contribution in [-0.4, -0.2) is 33.7 Å². The minimum Gasteiger partial charge on any atom is -0.481 e. The second-order valence-corrected chi connectivity index (χ2v) is 3.88. The SMILES string of the molecule is CC(CCC(=O)O)CNC(=O)c1ccnnc1. The maximum atomic E-state index is 11.6. The summed E-state index contributed by atoms with van der Waals surface area (Å²) in [7, 11) is 0. The second-order valence-electron chi connectivity index (χ2n) is 3.88. The molecule has 0 fully saturated rings. The van der Waals surface area contributed by atoms with Gasteiger partial charge in [0.25, 0.3) is 5.91 Å². The number of rotatable bonds is 6. The summed E-state index contributed by atoms with van der Waals surface area (Å²) < 4.78 is 0. The third kappa shape index (κ3) is 5.05. The quantitative estimate of drug-likeness (QED) is 0.760. The molecular formula is C11H15N3O3. The zero-order chi connectivity index (χ0) is 12.7. The van der Waals surface area contributed by atoms with Crippen molar-refractivity contribution < 1.29 is 14.7 Å². The van der Waals surface area contributed by atoms with Gasteiger partial charge >= 0.3 is 5.97 Å². The van der Waals surface area contributed by atoms with E-state index in [1.54, 1.807) is 6.07 Å². The van der Waals surface area contributed by atoms with Gasteiger partial charge in [-0.25, -0.2) is 0 Å². The molecule has 1 unspecified atom stereocenters. The fraction of sp³-hybridized carbons (Fsp3) is 0.455. The number of aliphatic carboxylic acids is 1. The number of hydrogen-bond acceptors (Lipinski definition) is 4. The minimum atomic E-state index is -0.818. The van der Waals surface area contributed by atoms with Crippen LogP contribution in [0.3, 0.4) is 0 Å². The molecule has 0 aromatic carbocycles. The molecule has 0 saturated heterocycles. The third-order valence-electron chi connectivity index (χ3n) is 2.31. The molecule has 0 bridgehead atoms. The Hall–Kier alpha value is -1.98. The second kappa shape index (κ2) is 6.57. The highest BCUT2D eigenvalue weighted by molar-refractivity contribution is 5.93. The molecule has 0 aliphatic rings. The van der Waals surface area contributed by atoms with Crippen LogP contribution in [0.2, 0.25) is 0 Å². The van der Waals surface area contributed by atoms with Crippen molar-refractivity contribution in [3.05, 3.63) is 24.0 Å². The van der Waals surface area contributed by atoms with Gasteiger partial charge in [0.1, 0.15) is 0 Å². The lowest BCUT2D eigenvalue weighted by molar-refractivity contribution is -0.137. The van der Waals surface area contributed by atoms with Gasteiger partial charge in [0.15, 0.2) is 0 Å². The summed E-state index contributed by atoms with van der Waals surface area (Å²) in [6, 6.07) is 1.57. The van der Waals surface area contributed by atoms with E-state index in [2.05, 4.69) is 15.5 Å². The van der Waals surface area contributed by atoms with Gasteiger partial charge in [-0.1, -0.05) is 6.92 Å². The number of amides is 1. The van der Waals surface area contributed by atoms with E-state index in [0.29, 0.717) is 18.5 Å². The Bertz CT molecular complexity index is 381. The largest absolute Gasteiger partial charge is 0.481 e. The van der Waals surface area contributed by atoms with Gasteiger partial charge in [0.2, 0.25) is 0 Å². The van der Waals surface area contributed by atoms with Crippen molar-refractivity contribution in [3.63, 3.8) is 0 Å². The zero-order valence-corrected chi connectivity index (χ0v) is 9.59. The predicted molar refractivity (Wildman–Crippen MR) is 60.4 cm³/mol. The molecule has 17 heavy (non-hydrogen) atoms. The maximum Gasteiger partial charge on any atom is 0.303 e. The Morgan fingerprint density at radius 3 is 2.82 bits per heavy atom. The Kier molecular flexibility index (Phi) is 5.06. The molecule has 1 aromatic rings. The zero-order valence-electron chi connectivity index (χ0n) is 9.59. The summed E-state index contributed by atoms with van der Waals surface area (Å²) in [6.07, 6.45) is 3.50. The fourth-order valence-corrected chi connectivity index (χ4v) is 1.27. The highest BCUT2D eigenvalue weighted by Crippen LogP contribution is 2.04. The van der Waals surface area contributed by atoms with Crippen LogP contribution in [-0.2, 0) is 4.79 Å². The molecule has 1 amide bonds. The lowest BCUT2D eigenvalue weighted by Crippen LogP contribution is -2.28. The van der Waals surface area contributed by atoms with E-state index < -0.39 is 5.97 Å². The maximum absolute atomic E-state index is 11.6. The molecule has 1 aromatic heterocycles.